The Hall–Kier alpha value is -0.0231. The lowest BCUT2D eigenvalue weighted by molar-refractivity contribution is -0.285. The molecule has 1 heterocycles. The molecule has 0 aromatic heterocycles. The second kappa shape index (κ2) is 5.77. The summed E-state index contributed by atoms with van der Waals surface area (Å²) < 4.78 is 11.0. The molecule has 1 saturated heterocycles. The van der Waals surface area contributed by atoms with Crippen molar-refractivity contribution in [3.05, 3.63) is 0 Å². The molecule has 0 aromatic rings. The van der Waals surface area contributed by atoms with Crippen molar-refractivity contribution in [2.45, 2.75) is 69.6 Å². The van der Waals surface area contributed by atoms with Gasteiger partial charge in [-0.15, -0.1) is 0 Å². The Kier molecular flexibility index (Phi) is 5.17. The van der Waals surface area contributed by atoms with Gasteiger partial charge in [0.2, 0.25) is 0 Å². The highest BCUT2D eigenvalue weighted by Gasteiger charge is 2.45. The Morgan fingerprint density at radius 2 is 1.53 bits per heavy atom. The highest BCUT2D eigenvalue weighted by Crippen LogP contribution is 2.37. The number of rotatable bonds is 3. The lowest BCUT2D eigenvalue weighted by atomic mass is 10.00. The van der Waals surface area contributed by atoms with E-state index in [-0.39, 0.29) is 11.6 Å². The molecule has 1 fully saturated rings. The maximum atomic E-state index is 9.81. The molecular formula is C12H26O6Si. The molecule has 19 heavy (non-hydrogen) atoms. The Bertz CT molecular complexity index is 303. The lowest BCUT2D eigenvalue weighted by Crippen LogP contribution is -2.59. The predicted molar refractivity (Wildman–Crippen MR) is 72.0 cm³/mol. The molecule has 1 aliphatic heterocycles. The van der Waals surface area contributed by atoms with Gasteiger partial charge in [0.25, 0.3) is 0 Å². The van der Waals surface area contributed by atoms with Crippen molar-refractivity contribution in [1.29, 1.82) is 0 Å². The third-order valence-electron chi connectivity index (χ3n) is 4.10. The van der Waals surface area contributed by atoms with Crippen molar-refractivity contribution in [2.24, 2.45) is 0 Å². The van der Waals surface area contributed by atoms with E-state index in [1.54, 1.807) is 0 Å². The van der Waals surface area contributed by atoms with Crippen LogP contribution in [0.2, 0.25) is 18.1 Å². The Morgan fingerprint density at radius 3 is 2.00 bits per heavy atom. The van der Waals surface area contributed by atoms with Crippen molar-refractivity contribution in [1.82, 2.24) is 0 Å². The van der Waals surface area contributed by atoms with Gasteiger partial charge in [-0.2, -0.15) is 0 Å². The predicted octanol–water partition coefficient (Wildman–Crippen LogP) is -0.192. The molecule has 0 saturated carbocycles. The van der Waals surface area contributed by atoms with Crippen LogP contribution >= 0.6 is 0 Å². The number of ether oxygens (including phenoxy) is 1. The van der Waals surface area contributed by atoms with Gasteiger partial charge in [0.1, 0.15) is 24.4 Å². The van der Waals surface area contributed by atoms with Crippen LogP contribution in [0.4, 0.5) is 0 Å². The summed E-state index contributed by atoms with van der Waals surface area (Å²) >= 11 is 0. The molecule has 7 heteroatoms. The van der Waals surface area contributed by atoms with Crippen LogP contribution < -0.4 is 0 Å². The Balaban J connectivity index is 2.63. The lowest BCUT2D eigenvalue weighted by Gasteiger charge is -2.41. The summed E-state index contributed by atoms with van der Waals surface area (Å²) in [4.78, 5) is 0. The molecule has 1 aliphatic rings. The van der Waals surface area contributed by atoms with Gasteiger partial charge >= 0.3 is 0 Å². The normalized spacial score (nSPS) is 37.4. The molecule has 0 bridgehead atoms. The van der Waals surface area contributed by atoms with E-state index in [1.165, 1.54) is 0 Å². The molecular weight excluding hydrogens is 268 g/mol. The van der Waals surface area contributed by atoms with E-state index in [9.17, 15) is 20.4 Å². The van der Waals surface area contributed by atoms with Crippen molar-refractivity contribution in [2.75, 3.05) is 6.61 Å². The summed E-state index contributed by atoms with van der Waals surface area (Å²) in [5.74, 6) is 0. The molecule has 0 amide bonds. The molecule has 0 aromatic carbocycles. The first-order chi connectivity index (χ1) is 8.47. The van der Waals surface area contributed by atoms with Crippen molar-refractivity contribution >= 4 is 8.32 Å². The summed E-state index contributed by atoms with van der Waals surface area (Å²) in [7, 11) is -2.00. The van der Waals surface area contributed by atoms with Crippen LogP contribution in [-0.2, 0) is 9.16 Å². The maximum absolute atomic E-state index is 9.81. The van der Waals surface area contributed by atoms with Gasteiger partial charge in [0, 0.05) is 0 Å². The zero-order valence-electron chi connectivity index (χ0n) is 12.2. The molecule has 6 nitrogen and oxygen atoms in total. The fourth-order valence-electron chi connectivity index (χ4n) is 1.58. The van der Waals surface area contributed by atoms with Crippen LogP contribution in [0.1, 0.15) is 20.8 Å². The smallest absolute Gasteiger partial charge is 0.192 e. The summed E-state index contributed by atoms with van der Waals surface area (Å²) in [5, 5.41) is 38.2. The highest BCUT2D eigenvalue weighted by atomic mass is 28.4. The molecule has 1 rings (SSSR count). The van der Waals surface area contributed by atoms with Crippen LogP contribution in [0.25, 0.3) is 0 Å². The van der Waals surface area contributed by atoms with Gasteiger partial charge in [-0.25, -0.2) is 0 Å². The maximum Gasteiger partial charge on any atom is 0.192 e. The number of aliphatic hydroxyl groups excluding tert-OH is 4. The summed E-state index contributed by atoms with van der Waals surface area (Å²) in [6, 6.07) is 0. The topological polar surface area (TPSA) is 99.4 Å². The Morgan fingerprint density at radius 1 is 1.00 bits per heavy atom. The quantitative estimate of drug-likeness (QED) is 0.538. The third kappa shape index (κ3) is 3.75. The van der Waals surface area contributed by atoms with Crippen molar-refractivity contribution in [3.8, 4) is 0 Å². The fourth-order valence-corrected chi connectivity index (χ4v) is 2.59. The molecule has 5 atom stereocenters. The van der Waals surface area contributed by atoms with E-state index < -0.39 is 39.0 Å². The molecule has 4 N–H and O–H groups in total. The molecule has 0 aliphatic carbocycles. The number of aliphatic hydroxyl groups is 4. The van der Waals surface area contributed by atoms with E-state index >= 15 is 0 Å². The number of hydrogen-bond donors (Lipinski definition) is 4. The minimum absolute atomic E-state index is 0.0172. The third-order valence-corrected chi connectivity index (χ3v) is 8.60. The van der Waals surface area contributed by atoms with Gasteiger partial charge in [-0.3, -0.25) is 0 Å². The monoisotopic (exact) mass is 294 g/mol. The average Bonchev–Trinajstić information content (AvgIpc) is 2.28. The average molecular weight is 294 g/mol. The van der Waals surface area contributed by atoms with Crippen LogP contribution in [0, 0.1) is 0 Å². The van der Waals surface area contributed by atoms with E-state index in [0.29, 0.717) is 0 Å². The minimum Gasteiger partial charge on any atom is -0.414 e. The number of hydrogen-bond acceptors (Lipinski definition) is 6. The SMILES string of the molecule is CC(C)(C)[Si](C)(C)OC[C@H]1O[C@H](O)[C@H](O)[C@H](O)[C@H]1O. The highest BCUT2D eigenvalue weighted by molar-refractivity contribution is 6.74. The zero-order valence-corrected chi connectivity index (χ0v) is 13.2. The fraction of sp³-hybridized carbons (Fsp3) is 1.00. The summed E-state index contributed by atoms with van der Waals surface area (Å²) in [6.07, 6.45) is -6.56. The first-order valence-electron chi connectivity index (χ1n) is 6.49. The van der Waals surface area contributed by atoms with Crippen LogP contribution in [0.5, 0.6) is 0 Å². The van der Waals surface area contributed by atoms with Crippen molar-refractivity contribution < 1.29 is 29.6 Å². The second-order valence-electron chi connectivity index (χ2n) is 6.61. The standard InChI is InChI=1S/C12H26O6Si/c1-12(2,3)19(4,5)17-6-7-8(13)9(14)10(15)11(16)18-7/h7-11,13-16H,6H2,1-5H3/t7-,8+,9-,10-,11+/m1/s1. The molecule has 0 unspecified atom stereocenters. The summed E-state index contributed by atoms with van der Waals surface area (Å²) in [6.45, 7) is 10.5. The van der Waals surface area contributed by atoms with E-state index in [1.807, 2.05) is 0 Å². The second-order valence-corrected chi connectivity index (χ2v) is 11.4. The van der Waals surface area contributed by atoms with Gasteiger partial charge < -0.3 is 29.6 Å². The molecule has 0 spiro atoms. The van der Waals surface area contributed by atoms with Crippen LogP contribution in [0.3, 0.4) is 0 Å². The van der Waals surface area contributed by atoms with Gasteiger partial charge in [0.15, 0.2) is 14.6 Å². The first-order valence-corrected chi connectivity index (χ1v) is 9.40. The molecule has 114 valence electrons. The van der Waals surface area contributed by atoms with Crippen LogP contribution in [-0.4, -0.2) is 66.1 Å². The van der Waals surface area contributed by atoms with Gasteiger partial charge in [-0.1, -0.05) is 20.8 Å². The minimum atomic E-state index is -2.00. The van der Waals surface area contributed by atoms with Crippen LogP contribution in [0.15, 0.2) is 0 Å². The van der Waals surface area contributed by atoms with E-state index in [0.717, 1.165) is 0 Å². The first kappa shape index (κ1) is 17.0. The Labute approximate surface area is 115 Å². The van der Waals surface area contributed by atoms with E-state index in [4.69, 9.17) is 9.16 Å². The molecule has 0 radical (unpaired) electrons. The largest absolute Gasteiger partial charge is 0.414 e. The van der Waals surface area contributed by atoms with Gasteiger partial charge in [0.05, 0.1) is 6.61 Å². The van der Waals surface area contributed by atoms with E-state index in [2.05, 4.69) is 33.9 Å². The summed E-state index contributed by atoms with van der Waals surface area (Å²) in [5.41, 5.74) is 0. The zero-order chi connectivity index (χ0) is 15.0. The van der Waals surface area contributed by atoms with Gasteiger partial charge in [-0.05, 0) is 18.1 Å². The van der Waals surface area contributed by atoms with Crippen molar-refractivity contribution in [3.63, 3.8) is 0 Å².